The highest BCUT2D eigenvalue weighted by molar-refractivity contribution is 5.56. The van der Waals surface area contributed by atoms with Crippen LogP contribution in [-0.4, -0.2) is 6.54 Å². The van der Waals surface area contributed by atoms with Crippen molar-refractivity contribution in [1.29, 1.82) is 0 Å². The maximum Gasteiger partial charge on any atom is 0.0375 e. The van der Waals surface area contributed by atoms with Crippen LogP contribution in [-0.2, 0) is 19.5 Å². The SMILES string of the molecule is c1ccc(CNCc2cccc3c2CCCN3)cc1. The lowest BCUT2D eigenvalue weighted by Crippen LogP contribution is -2.18. The van der Waals surface area contributed by atoms with E-state index in [0.717, 1.165) is 19.6 Å². The Morgan fingerprint density at radius 1 is 0.947 bits per heavy atom. The first-order valence-electron chi connectivity index (χ1n) is 7.03. The van der Waals surface area contributed by atoms with Crippen LogP contribution in [0.4, 0.5) is 5.69 Å². The number of nitrogens with one attached hydrogen (secondary N) is 2. The largest absolute Gasteiger partial charge is 0.385 e. The van der Waals surface area contributed by atoms with E-state index in [-0.39, 0.29) is 0 Å². The zero-order valence-corrected chi connectivity index (χ0v) is 11.2. The summed E-state index contributed by atoms with van der Waals surface area (Å²) in [6.07, 6.45) is 2.44. The highest BCUT2D eigenvalue weighted by Crippen LogP contribution is 2.25. The Morgan fingerprint density at radius 2 is 1.84 bits per heavy atom. The first kappa shape index (κ1) is 12.2. The van der Waals surface area contributed by atoms with Gasteiger partial charge in [0.05, 0.1) is 0 Å². The molecule has 0 radical (unpaired) electrons. The first-order chi connectivity index (χ1) is 9.43. The summed E-state index contributed by atoms with van der Waals surface area (Å²) < 4.78 is 0. The predicted molar refractivity (Wildman–Crippen MR) is 80.2 cm³/mol. The van der Waals surface area contributed by atoms with E-state index in [1.54, 1.807) is 0 Å². The molecular formula is C17H20N2. The monoisotopic (exact) mass is 252 g/mol. The zero-order valence-electron chi connectivity index (χ0n) is 11.2. The van der Waals surface area contributed by atoms with Gasteiger partial charge in [0.1, 0.15) is 0 Å². The van der Waals surface area contributed by atoms with Crippen molar-refractivity contribution in [3.8, 4) is 0 Å². The molecule has 0 unspecified atom stereocenters. The molecule has 0 saturated carbocycles. The Labute approximate surface area is 114 Å². The summed E-state index contributed by atoms with van der Waals surface area (Å²) in [4.78, 5) is 0. The molecule has 98 valence electrons. The smallest absolute Gasteiger partial charge is 0.0375 e. The van der Waals surface area contributed by atoms with Gasteiger partial charge in [-0.3, -0.25) is 0 Å². The van der Waals surface area contributed by atoms with Crippen LogP contribution in [0.15, 0.2) is 48.5 Å². The third kappa shape index (κ3) is 2.96. The van der Waals surface area contributed by atoms with Gasteiger partial charge in [-0.25, -0.2) is 0 Å². The Bertz CT molecular complexity index is 534. The third-order valence-corrected chi connectivity index (χ3v) is 3.68. The molecule has 1 aliphatic rings. The number of benzene rings is 2. The molecule has 0 bridgehead atoms. The number of hydrogen-bond donors (Lipinski definition) is 2. The van der Waals surface area contributed by atoms with Gasteiger partial charge in [-0.05, 0) is 35.6 Å². The lowest BCUT2D eigenvalue weighted by molar-refractivity contribution is 0.682. The van der Waals surface area contributed by atoms with Crippen molar-refractivity contribution in [1.82, 2.24) is 5.32 Å². The molecule has 2 N–H and O–H groups in total. The lowest BCUT2D eigenvalue weighted by Gasteiger charge is -2.21. The van der Waals surface area contributed by atoms with Gasteiger partial charge < -0.3 is 10.6 Å². The van der Waals surface area contributed by atoms with E-state index in [4.69, 9.17) is 0 Å². The summed E-state index contributed by atoms with van der Waals surface area (Å²) in [7, 11) is 0. The van der Waals surface area contributed by atoms with Gasteiger partial charge in [-0.2, -0.15) is 0 Å². The van der Waals surface area contributed by atoms with Gasteiger partial charge in [0.15, 0.2) is 0 Å². The summed E-state index contributed by atoms with van der Waals surface area (Å²) in [6, 6.07) is 17.1. The van der Waals surface area contributed by atoms with Crippen LogP contribution in [0.1, 0.15) is 23.1 Å². The lowest BCUT2D eigenvalue weighted by atomic mass is 9.97. The van der Waals surface area contributed by atoms with Gasteiger partial charge in [-0.1, -0.05) is 42.5 Å². The minimum atomic E-state index is 0.929. The van der Waals surface area contributed by atoms with E-state index >= 15 is 0 Å². The Hall–Kier alpha value is -1.80. The normalized spacial score (nSPS) is 13.7. The van der Waals surface area contributed by atoms with Crippen LogP contribution in [0.2, 0.25) is 0 Å². The zero-order chi connectivity index (χ0) is 12.9. The Morgan fingerprint density at radius 3 is 2.74 bits per heavy atom. The molecule has 0 aliphatic carbocycles. The minimum Gasteiger partial charge on any atom is -0.385 e. The number of hydrogen-bond acceptors (Lipinski definition) is 2. The molecule has 1 heterocycles. The van der Waals surface area contributed by atoms with Gasteiger partial charge in [0.2, 0.25) is 0 Å². The fraction of sp³-hybridized carbons (Fsp3) is 0.294. The molecule has 0 fully saturated rings. The minimum absolute atomic E-state index is 0.929. The Balaban J connectivity index is 1.64. The van der Waals surface area contributed by atoms with Gasteiger partial charge in [-0.15, -0.1) is 0 Å². The second kappa shape index (κ2) is 5.89. The first-order valence-corrected chi connectivity index (χ1v) is 7.03. The van der Waals surface area contributed by atoms with E-state index in [2.05, 4.69) is 59.2 Å². The molecule has 0 amide bonds. The average molecular weight is 252 g/mol. The van der Waals surface area contributed by atoms with Crippen LogP contribution in [0, 0.1) is 0 Å². The van der Waals surface area contributed by atoms with Crippen LogP contribution in [0.25, 0.3) is 0 Å². The van der Waals surface area contributed by atoms with Crippen molar-refractivity contribution in [2.75, 3.05) is 11.9 Å². The number of fused-ring (bicyclic) bond motifs is 1. The number of rotatable bonds is 4. The van der Waals surface area contributed by atoms with Crippen molar-refractivity contribution < 1.29 is 0 Å². The van der Waals surface area contributed by atoms with E-state index in [1.165, 1.54) is 35.2 Å². The van der Waals surface area contributed by atoms with E-state index in [0.29, 0.717) is 0 Å². The summed E-state index contributed by atoms with van der Waals surface area (Å²) in [6.45, 7) is 2.98. The van der Waals surface area contributed by atoms with Crippen molar-refractivity contribution in [2.24, 2.45) is 0 Å². The summed E-state index contributed by atoms with van der Waals surface area (Å²) in [5.74, 6) is 0. The standard InChI is InChI=1S/C17H20N2/c1-2-6-14(7-3-1)12-18-13-15-8-4-10-17-16(15)9-5-11-19-17/h1-4,6-8,10,18-19H,5,9,11-13H2. The quantitative estimate of drug-likeness (QED) is 0.872. The van der Waals surface area contributed by atoms with Crippen molar-refractivity contribution in [3.63, 3.8) is 0 Å². The molecule has 0 atom stereocenters. The molecule has 2 aromatic carbocycles. The average Bonchev–Trinajstić information content (AvgIpc) is 2.49. The summed E-state index contributed by atoms with van der Waals surface area (Å²) >= 11 is 0. The van der Waals surface area contributed by atoms with Crippen molar-refractivity contribution in [3.05, 3.63) is 65.2 Å². The van der Waals surface area contributed by atoms with Crippen LogP contribution >= 0.6 is 0 Å². The van der Waals surface area contributed by atoms with E-state index < -0.39 is 0 Å². The van der Waals surface area contributed by atoms with Crippen LogP contribution in [0.5, 0.6) is 0 Å². The second-order valence-electron chi connectivity index (χ2n) is 5.06. The molecule has 1 aliphatic heterocycles. The van der Waals surface area contributed by atoms with Gasteiger partial charge in [0.25, 0.3) is 0 Å². The second-order valence-corrected chi connectivity index (χ2v) is 5.06. The molecule has 0 saturated heterocycles. The fourth-order valence-electron chi connectivity index (χ4n) is 2.69. The fourth-order valence-corrected chi connectivity index (χ4v) is 2.69. The molecule has 2 aromatic rings. The molecule has 2 nitrogen and oxygen atoms in total. The van der Waals surface area contributed by atoms with Gasteiger partial charge in [0, 0.05) is 25.3 Å². The highest BCUT2D eigenvalue weighted by atomic mass is 14.9. The molecule has 2 heteroatoms. The van der Waals surface area contributed by atoms with Crippen molar-refractivity contribution >= 4 is 5.69 Å². The summed E-state index contributed by atoms with van der Waals surface area (Å²) in [5, 5.41) is 7.02. The maximum absolute atomic E-state index is 3.54. The molecule has 0 spiro atoms. The molecular weight excluding hydrogens is 232 g/mol. The summed E-state index contributed by atoms with van der Waals surface area (Å²) in [5.41, 5.74) is 5.59. The van der Waals surface area contributed by atoms with Crippen LogP contribution < -0.4 is 10.6 Å². The highest BCUT2D eigenvalue weighted by Gasteiger charge is 2.11. The number of anilines is 1. The van der Waals surface area contributed by atoms with E-state index in [9.17, 15) is 0 Å². The molecule has 0 aromatic heterocycles. The molecule has 3 rings (SSSR count). The molecule has 19 heavy (non-hydrogen) atoms. The Kier molecular flexibility index (Phi) is 3.80. The van der Waals surface area contributed by atoms with E-state index in [1.807, 2.05) is 0 Å². The van der Waals surface area contributed by atoms with Gasteiger partial charge >= 0.3 is 0 Å². The maximum atomic E-state index is 3.54. The van der Waals surface area contributed by atoms with Crippen molar-refractivity contribution in [2.45, 2.75) is 25.9 Å². The predicted octanol–water partition coefficient (Wildman–Crippen LogP) is 3.33. The third-order valence-electron chi connectivity index (χ3n) is 3.68. The topological polar surface area (TPSA) is 24.1 Å². The van der Waals surface area contributed by atoms with Crippen LogP contribution in [0.3, 0.4) is 0 Å².